The fraction of sp³-hybridized carbons (Fsp3) is 0.143. The number of Topliss-reactive ketones (excluding diaryl/α,β-unsaturated/α-hetero) is 1. The van der Waals surface area contributed by atoms with E-state index in [1.165, 1.54) is 18.2 Å². The number of rotatable bonds is 3. The number of aromatic nitrogens is 1. The highest BCUT2D eigenvalue weighted by molar-refractivity contribution is 5.98. The summed E-state index contributed by atoms with van der Waals surface area (Å²) in [6.45, 7) is 1.72. The Morgan fingerprint density at radius 2 is 2.11 bits per heavy atom. The Morgan fingerprint density at radius 1 is 1.33 bits per heavy atom. The zero-order chi connectivity index (χ0) is 13.1. The van der Waals surface area contributed by atoms with Crippen LogP contribution in [0.4, 0.5) is 10.2 Å². The van der Waals surface area contributed by atoms with Crippen molar-refractivity contribution in [2.24, 2.45) is 0 Å². The molecule has 0 radical (unpaired) electrons. The number of nitrogen functional groups attached to an aromatic ring is 1. The van der Waals surface area contributed by atoms with Gasteiger partial charge in [0.25, 0.3) is 0 Å². The molecule has 0 saturated heterocycles. The topological polar surface area (TPSA) is 56.0 Å². The minimum absolute atomic E-state index is 0.0573. The lowest BCUT2D eigenvalue weighted by molar-refractivity contribution is 0.0992. The second-order valence-electron chi connectivity index (χ2n) is 4.15. The first kappa shape index (κ1) is 12.2. The van der Waals surface area contributed by atoms with Crippen LogP contribution in [-0.2, 0) is 6.42 Å². The molecule has 0 spiro atoms. The first-order valence-electron chi connectivity index (χ1n) is 5.56. The third kappa shape index (κ3) is 2.71. The van der Waals surface area contributed by atoms with Crippen LogP contribution in [0.1, 0.15) is 21.5 Å². The van der Waals surface area contributed by atoms with Gasteiger partial charge in [0.1, 0.15) is 11.6 Å². The van der Waals surface area contributed by atoms with E-state index in [4.69, 9.17) is 5.73 Å². The van der Waals surface area contributed by atoms with Gasteiger partial charge < -0.3 is 5.73 Å². The molecule has 2 N–H and O–H groups in total. The number of ketones is 1. The van der Waals surface area contributed by atoms with Crippen molar-refractivity contribution in [1.29, 1.82) is 0 Å². The number of nitrogens with two attached hydrogens (primary N) is 1. The second kappa shape index (κ2) is 4.96. The quantitative estimate of drug-likeness (QED) is 0.844. The molecule has 18 heavy (non-hydrogen) atoms. The van der Waals surface area contributed by atoms with Crippen LogP contribution < -0.4 is 5.73 Å². The fourth-order valence-corrected chi connectivity index (χ4v) is 1.82. The molecule has 1 aromatic heterocycles. The Bertz CT molecular complexity index is 596. The molecule has 1 heterocycles. The number of nitrogens with zero attached hydrogens (tertiary/aromatic N) is 1. The van der Waals surface area contributed by atoms with Gasteiger partial charge in [0.05, 0.1) is 0 Å². The molecular weight excluding hydrogens is 231 g/mol. The van der Waals surface area contributed by atoms with Crippen LogP contribution in [0, 0.1) is 12.7 Å². The average molecular weight is 244 g/mol. The number of hydrogen-bond acceptors (Lipinski definition) is 3. The van der Waals surface area contributed by atoms with E-state index in [0.717, 1.165) is 5.56 Å². The number of aryl methyl sites for hydroxylation is 1. The summed E-state index contributed by atoms with van der Waals surface area (Å²) < 4.78 is 13.0. The van der Waals surface area contributed by atoms with Gasteiger partial charge >= 0.3 is 0 Å². The van der Waals surface area contributed by atoms with E-state index in [2.05, 4.69) is 4.98 Å². The molecule has 1 aromatic carbocycles. The number of carbonyl (C=O) groups excluding carboxylic acids is 1. The predicted octanol–water partition coefficient (Wildman–Crippen LogP) is 2.54. The highest BCUT2D eigenvalue weighted by Crippen LogP contribution is 2.14. The van der Waals surface area contributed by atoms with Gasteiger partial charge in [-0.3, -0.25) is 4.79 Å². The maximum Gasteiger partial charge on any atom is 0.167 e. The van der Waals surface area contributed by atoms with Crippen molar-refractivity contribution in [2.45, 2.75) is 13.3 Å². The van der Waals surface area contributed by atoms with E-state index < -0.39 is 0 Å². The lowest BCUT2D eigenvalue weighted by atomic mass is 9.99. The highest BCUT2D eigenvalue weighted by Gasteiger charge is 2.10. The first-order valence-corrected chi connectivity index (χ1v) is 5.56. The van der Waals surface area contributed by atoms with Gasteiger partial charge in [-0.1, -0.05) is 0 Å². The predicted molar refractivity (Wildman–Crippen MR) is 67.8 cm³/mol. The van der Waals surface area contributed by atoms with Crippen LogP contribution in [0.15, 0.2) is 36.5 Å². The monoisotopic (exact) mass is 244 g/mol. The number of carbonyl (C=O) groups is 1. The molecular formula is C14H13FN2O. The molecule has 92 valence electrons. The Kier molecular flexibility index (Phi) is 3.37. The SMILES string of the molecule is Cc1cc(F)ccc1C(=O)Cc1ccnc(N)c1. The molecule has 2 rings (SSSR count). The normalized spacial score (nSPS) is 10.3. The van der Waals surface area contributed by atoms with E-state index >= 15 is 0 Å². The Balaban J connectivity index is 2.22. The van der Waals surface area contributed by atoms with Crippen LogP contribution in [0.5, 0.6) is 0 Å². The molecule has 2 aromatic rings. The Hall–Kier alpha value is -2.23. The van der Waals surface area contributed by atoms with Crippen molar-refractivity contribution in [3.8, 4) is 0 Å². The van der Waals surface area contributed by atoms with E-state index in [9.17, 15) is 9.18 Å². The summed E-state index contributed by atoms with van der Waals surface area (Å²) in [6, 6.07) is 7.57. The summed E-state index contributed by atoms with van der Waals surface area (Å²) in [5.41, 5.74) is 7.53. The van der Waals surface area contributed by atoms with E-state index in [1.54, 1.807) is 25.3 Å². The summed E-state index contributed by atoms with van der Waals surface area (Å²) in [5.74, 6) is -0.00793. The second-order valence-corrected chi connectivity index (χ2v) is 4.15. The van der Waals surface area contributed by atoms with Crippen LogP contribution in [0.2, 0.25) is 0 Å². The molecule has 3 nitrogen and oxygen atoms in total. The van der Waals surface area contributed by atoms with Crippen molar-refractivity contribution in [3.05, 3.63) is 59.0 Å². The van der Waals surface area contributed by atoms with E-state index in [-0.39, 0.29) is 18.0 Å². The maximum absolute atomic E-state index is 13.0. The number of hydrogen-bond donors (Lipinski definition) is 1. The Morgan fingerprint density at radius 3 is 2.78 bits per heavy atom. The molecule has 0 bridgehead atoms. The van der Waals surface area contributed by atoms with E-state index in [0.29, 0.717) is 16.9 Å². The molecule has 0 atom stereocenters. The van der Waals surface area contributed by atoms with Gasteiger partial charge in [-0.15, -0.1) is 0 Å². The molecule has 0 fully saturated rings. The van der Waals surface area contributed by atoms with Gasteiger partial charge in [0.2, 0.25) is 0 Å². The zero-order valence-electron chi connectivity index (χ0n) is 9.98. The third-order valence-corrected chi connectivity index (χ3v) is 2.70. The minimum Gasteiger partial charge on any atom is -0.384 e. The highest BCUT2D eigenvalue weighted by atomic mass is 19.1. The van der Waals surface area contributed by atoms with Gasteiger partial charge in [-0.25, -0.2) is 9.37 Å². The molecule has 0 saturated carbocycles. The van der Waals surface area contributed by atoms with Gasteiger partial charge in [-0.2, -0.15) is 0 Å². The summed E-state index contributed by atoms with van der Waals surface area (Å²) in [5, 5.41) is 0. The molecule has 0 aliphatic rings. The summed E-state index contributed by atoms with van der Waals surface area (Å²) in [4.78, 5) is 15.9. The van der Waals surface area contributed by atoms with Crippen LogP contribution in [0.3, 0.4) is 0 Å². The van der Waals surface area contributed by atoms with Gasteiger partial charge in [-0.05, 0) is 48.4 Å². The van der Waals surface area contributed by atoms with Gasteiger partial charge in [0.15, 0.2) is 5.78 Å². The van der Waals surface area contributed by atoms with Gasteiger partial charge in [0, 0.05) is 18.2 Å². The van der Waals surface area contributed by atoms with Crippen molar-refractivity contribution < 1.29 is 9.18 Å². The maximum atomic E-state index is 13.0. The van der Waals surface area contributed by atoms with Crippen molar-refractivity contribution >= 4 is 11.6 Å². The average Bonchev–Trinajstić information content (AvgIpc) is 2.28. The van der Waals surface area contributed by atoms with Crippen LogP contribution in [-0.4, -0.2) is 10.8 Å². The molecule has 0 aliphatic carbocycles. The molecule has 0 aliphatic heterocycles. The molecule has 0 amide bonds. The number of pyridine rings is 1. The van der Waals surface area contributed by atoms with Crippen molar-refractivity contribution in [2.75, 3.05) is 5.73 Å². The summed E-state index contributed by atoms with van der Waals surface area (Å²) in [7, 11) is 0. The van der Waals surface area contributed by atoms with E-state index in [1.807, 2.05) is 0 Å². The largest absolute Gasteiger partial charge is 0.384 e. The molecule has 4 heteroatoms. The standard InChI is InChI=1S/C14H13FN2O/c1-9-6-11(15)2-3-12(9)13(18)7-10-4-5-17-14(16)8-10/h2-6,8H,7H2,1H3,(H2,16,17). The number of benzene rings is 1. The lowest BCUT2D eigenvalue weighted by Gasteiger charge is -2.05. The zero-order valence-corrected chi connectivity index (χ0v) is 9.98. The van der Waals surface area contributed by atoms with Crippen molar-refractivity contribution in [1.82, 2.24) is 4.98 Å². The summed E-state index contributed by atoms with van der Waals surface area (Å²) >= 11 is 0. The fourth-order valence-electron chi connectivity index (χ4n) is 1.82. The third-order valence-electron chi connectivity index (χ3n) is 2.70. The minimum atomic E-state index is -0.336. The van der Waals surface area contributed by atoms with Crippen LogP contribution >= 0.6 is 0 Å². The first-order chi connectivity index (χ1) is 8.56. The number of halogens is 1. The smallest absolute Gasteiger partial charge is 0.167 e. The molecule has 0 unspecified atom stereocenters. The number of anilines is 1. The van der Waals surface area contributed by atoms with Crippen molar-refractivity contribution in [3.63, 3.8) is 0 Å². The van der Waals surface area contributed by atoms with Crippen LogP contribution in [0.25, 0.3) is 0 Å². The Labute approximate surface area is 104 Å². The summed E-state index contributed by atoms with van der Waals surface area (Å²) in [6.07, 6.45) is 1.80. The lowest BCUT2D eigenvalue weighted by Crippen LogP contribution is -2.06.